The molecule has 1 amide bonds. The molecular formula is C25H29N3O6S. The van der Waals surface area contributed by atoms with Crippen LogP contribution in [0.15, 0.2) is 41.9 Å². The van der Waals surface area contributed by atoms with Crippen molar-refractivity contribution in [3.8, 4) is 10.4 Å². The Balaban J connectivity index is 1.32. The lowest BCUT2D eigenvalue weighted by Crippen LogP contribution is -2.57. The number of esters is 1. The second-order valence-electron chi connectivity index (χ2n) is 8.82. The number of carbonyl (C=O) groups excluding carboxylic acids is 2. The van der Waals surface area contributed by atoms with Crippen LogP contribution in [0.2, 0.25) is 0 Å². The van der Waals surface area contributed by atoms with E-state index in [0.29, 0.717) is 12.4 Å². The Bertz CT molecular complexity index is 1080. The number of carboxylic acid groups (broad SMARTS) is 1. The summed E-state index contributed by atoms with van der Waals surface area (Å²) in [5.41, 5.74) is 3.95. The van der Waals surface area contributed by atoms with Gasteiger partial charge in [0.15, 0.2) is 5.82 Å². The number of hydrogen-bond acceptors (Lipinski definition) is 8. The van der Waals surface area contributed by atoms with Crippen LogP contribution < -0.4 is 5.32 Å². The number of ether oxygens (including phenoxy) is 2. The number of aromatic nitrogens is 1. The third kappa shape index (κ3) is 6.46. The van der Waals surface area contributed by atoms with Crippen molar-refractivity contribution in [3.63, 3.8) is 0 Å². The topological polar surface area (TPSA) is 118 Å². The van der Waals surface area contributed by atoms with Gasteiger partial charge in [0.05, 0.1) is 17.0 Å². The summed E-state index contributed by atoms with van der Waals surface area (Å²) in [6.45, 7) is 4.58. The molecule has 4 unspecified atom stereocenters. The Morgan fingerprint density at radius 2 is 2.03 bits per heavy atom. The van der Waals surface area contributed by atoms with Gasteiger partial charge in [-0.15, -0.1) is 11.3 Å². The van der Waals surface area contributed by atoms with E-state index in [1.165, 1.54) is 16.9 Å². The standard InChI is InChI=1S/C25H29N3O6S/c1-2-3-16-4-6-17(7-5-16)23-24(26-15-35-23)27-25(32)33-14-18-12-28-11-10-19(18)20(13-28)34-22(31)9-8-21(29)30/h4-9,15,18-20H,2-3,10-14H2,1H3,(H,27,32)(H,29,30)/b9-8+. The van der Waals surface area contributed by atoms with Crippen molar-refractivity contribution in [1.29, 1.82) is 0 Å². The number of nitrogens with one attached hydrogen (secondary N) is 1. The highest BCUT2D eigenvalue weighted by Gasteiger charge is 2.43. The molecule has 3 fully saturated rings. The zero-order valence-electron chi connectivity index (χ0n) is 19.5. The molecular weight excluding hydrogens is 470 g/mol. The van der Waals surface area contributed by atoms with Crippen LogP contribution in [0.1, 0.15) is 25.3 Å². The molecule has 186 valence electrons. The Morgan fingerprint density at radius 3 is 2.74 bits per heavy atom. The van der Waals surface area contributed by atoms with Crippen LogP contribution in [-0.4, -0.2) is 65.4 Å². The van der Waals surface area contributed by atoms with Gasteiger partial charge in [0.1, 0.15) is 6.10 Å². The lowest BCUT2D eigenvalue weighted by Gasteiger charge is -2.48. The number of carboxylic acids is 1. The van der Waals surface area contributed by atoms with Crippen LogP contribution >= 0.6 is 11.3 Å². The van der Waals surface area contributed by atoms with Crippen LogP contribution in [0, 0.1) is 11.8 Å². The average Bonchev–Trinajstić information content (AvgIpc) is 3.30. The second-order valence-corrected chi connectivity index (χ2v) is 9.67. The van der Waals surface area contributed by atoms with Crippen LogP contribution in [0.3, 0.4) is 0 Å². The number of hydrogen-bond donors (Lipinski definition) is 2. The average molecular weight is 500 g/mol. The number of carbonyl (C=O) groups is 3. The van der Waals surface area contributed by atoms with Gasteiger partial charge < -0.3 is 14.6 Å². The van der Waals surface area contributed by atoms with Gasteiger partial charge in [-0.3, -0.25) is 10.2 Å². The van der Waals surface area contributed by atoms with Gasteiger partial charge in [0.2, 0.25) is 0 Å². The van der Waals surface area contributed by atoms with Crippen molar-refractivity contribution in [2.75, 3.05) is 31.6 Å². The van der Waals surface area contributed by atoms with Gasteiger partial charge in [0, 0.05) is 37.1 Å². The molecule has 0 aliphatic carbocycles. The Kier molecular flexibility index (Phi) is 8.14. The zero-order valence-corrected chi connectivity index (χ0v) is 20.3. The van der Waals surface area contributed by atoms with E-state index in [1.54, 1.807) is 5.51 Å². The van der Waals surface area contributed by atoms with Crippen LogP contribution in [0.5, 0.6) is 0 Å². The summed E-state index contributed by atoms with van der Waals surface area (Å²) in [5, 5.41) is 11.4. The first-order valence-electron chi connectivity index (χ1n) is 11.7. The van der Waals surface area contributed by atoms with Crippen LogP contribution in [-0.2, 0) is 25.5 Å². The van der Waals surface area contributed by atoms with Gasteiger partial charge in [0.25, 0.3) is 0 Å². The number of piperidine rings is 3. The van der Waals surface area contributed by atoms with Crippen molar-refractivity contribution >= 4 is 35.2 Å². The fraction of sp³-hybridized carbons (Fsp3) is 0.440. The maximum atomic E-state index is 12.6. The van der Waals surface area contributed by atoms with E-state index in [2.05, 4.69) is 34.3 Å². The molecule has 35 heavy (non-hydrogen) atoms. The van der Waals surface area contributed by atoms with E-state index in [4.69, 9.17) is 14.6 Å². The number of aliphatic carboxylic acids is 1. The molecule has 9 nitrogen and oxygen atoms in total. The maximum Gasteiger partial charge on any atom is 0.412 e. The minimum Gasteiger partial charge on any atom is -0.478 e. The Morgan fingerprint density at radius 1 is 1.23 bits per heavy atom. The van der Waals surface area contributed by atoms with E-state index < -0.39 is 18.0 Å². The smallest absolute Gasteiger partial charge is 0.412 e. The normalized spacial score (nSPS) is 23.2. The Labute approximate surface area is 207 Å². The van der Waals surface area contributed by atoms with Crippen molar-refractivity contribution in [2.24, 2.45) is 11.8 Å². The summed E-state index contributed by atoms with van der Waals surface area (Å²) in [7, 11) is 0. The first kappa shape index (κ1) is 24.9. The third-order valence-electron chi connectivity index (χ3n) is 6.39. The number of aryl methyl sites for hydroxylation is 1. The SMILES string of the molecule is CCCc1ccc(-c2scnc2NC(=O)OCC2CN3CCC2C(OC(=O)/C=C/C(=O)O)C3)cc1. The number of thiazole rings is 1. The van der Waals surface area contributed by atoms with E-state index >= 15 is 0 Å². The Hall–Kier alpha value is -3.24. The fourth-order valence-electron chi connectivity index (χ4n) is 4.77. The largest absolute Gasteiger partial charge is 0.478 e. The van der Waals surface area contributed by atoms with Crippen LogP contribution in [0.4, 0.5) is 10.6 Å². The summed E-state index contributed by atoms with van der Waals surface area (Å²) in [5.74, 6) is -1.35. The van der Waals surface area contributed by atoms with Gasteiger partial charge in [-0.25, -0.2) is 19.4 Å². The quantitative estimate of drug-likeness (QED) is 0.395. The molecule has 5 rings (SSSR count). The van der Waals surface area contributed by atoms with E-state index in [-0.39, 0.29) is 24.5 Å². The number of benzene rings is 1. The lowest BCUT2D eigenvalue weighted by atomic mass is 9.77. The molecule has 2 N–H and O–H groups in total. The van der Waals surface area contributed by atoms with E-state index in [9.17, 15) is 14.4 Å². The van der Waals surface area contributed by atoms with Crippen molar-refractivity contribution in [2.45, 2.75) is 32.3 Å². The van der Waals surface area contributed by atoms with Gasteiger partial charge in [-0.2, -0.15) is 0 Å². The predicted octanol–water partition coefficient (Wildman–Crippen LogP) is 3.82. The van der Waals surface area contributed by atoms with Gasteiger partial charge in [-0.05, 0) is 30.5 Å². The predicted molar refractivity (Wildman–Crippen MR) is 131 cm³/mol. The van der Waals surface area contributed by atoms with Crippen molar-refractivity contribution in [3.05, 3.63) is 47.5 Å². The highest BCUT2D eigenvalue weighted by atomic mass is 32.1. The van der Waals surface area contributed by atoms with Crippen LogP contribution in [0.25, 0.3) is 10.4 Å². The summed E-state index contributed by atoms with van der Waals surface area (Å²) in [6, 6.07) is 8.26. The third-order valence-corrected chi connectivity index (χ3v) is 7.27. The minimum absolute atomic E-state index is 0.0190. The fourth-order valence-corrected chi connectivity index (χ4v) is 5.52. The summed E-state index contributed by atoms with van der Waals surface area (Å²) in [4.78, 5) is 42.5. The first-order chi connectivity index (χ1) is 16.9. The van der Waals surface area contributed by atoms with Crippen molar-refractivity contribution in [1.82, 2.24) is 9.88 Å². The molecule has 3 aliphatic rings. The number of nitrogens with zero attached hydrogens (tertiary/aromatic N) is 2. The second kappa shape index (κ2) is 11.5. The van der Waals surface area contributed by atoms with Crippen molar-refractivity contribution < 1.29 is 29.0 Å². The molecule has 2 aromatic rings. The lowest BCUT2D eigenvalue weighted by molar-refractivity contribution is -0.158. The number of rotatable bonds is 9. The van der Waals surface area contributed by atoms with Gasteiger partial charge >= 0.3 is 18.0 Å². The molecule has 0 spiro atoms. The number of amides is 1. The molecule has 1 aromatic heterocycles. The minimum atomic E-state index is -1.20. The van der Waals surface area contributed by atoms with E-state index in [1.807, 2.05) is 12.1 Å². The summed E-state index contributed by atoms with van der Waals surface area (Å²) < 4.78 is 11.0. The number of fused-ring (bicyclic) bond motifs is 3. The maximum absolute atomic E-state index is 12.6. The first-order valence-corrected chi connectivity index (χ1v) is 12.6. The monoisotopic (exact) mass is 499 g/mol. The number of anilines is 1. The van der Waals surface area contributed by atoms with E-state index in [0.717, 1.165) is 54.9 Å². The molecule has 2 bridgehead atoms. The molecule has 3 saturated heterocycles. The molecule has 10 heteroatoms. The highest BCUT2D eigenvalue weighted by molar-refractivity contribution is 7.13. The summed E-state index contributed by atoms with van der Waals surface area (Å²) in [6.07, 6.45) is 3.68. The van der Waals surface area contributed by atoms with Gasteiger partial charge in [-0.1, -0.05) is 37.6 Å². The molecule has 4 heterocycles. The zero-order chi connectivity index (χ0) is 24.8. The molecule has 1 aromatic carbocycles. The molecule has 4 atom stereocenters. The molecule has 0 saturated carbocycles. The summed E-state index contributed by atoms with van der Waals surface area (Å²) >= 11 is 1.45. The molecule has 3 aliphatic heterocycles. The highest BCUT2D eigenvalue weighted by Crippen LogP contribution is 2.35. The molecule has 0 radical (unpaired) electrons.